The number of carbonyl (C=O) groups is 1. The molecular formula is C13H14N2O2S. The predicted octanol–water partition coefficient (Wildman–Crippen LogP) is 3.35. The van der Waals surface area contributed by atoms with Gasteiger partial charge in [-0.3, -0.25) is 4.79 Å². The van der Waals surface area contributed by atoms with Gasteiger partial charge < -0.3 is 9.84 Å². The number of aromatic nitrogens is 1. The van der Waals surface area contributed by atoms with Crippen LogP contribution in [0.4, 0.5) is 5.82 Å². The summed E-state index contributed by atoms with van der Waals surface area (Å²) in [5.74, 6) is 1.90. The number of aryl methyl sites for hydroxylation is 1. The Morgan fingerprint density at radius 3 is 2.94 bits per heavy atom. The molecule has 18 heavy (non-hydrogen) atoms. The fourth-order valence-electron chi connectivity index (χ4n) is 1.51. The minimum atomic E-state index is -0.179. The van der Waals surface area contributed by atoms with Gasteiger partial charge in [-0.25, -0.2) is 0 Å². The molecule has 0 spiro atoms. The van der Waals surface area contributed by atoms with Gasteiger partial charge >= 0.3 is 0 Å². The molecular weight excluding hydrogens is 248 g/mol. The zero-order valence-electron chi connectivity index (χ0n) is 10.3. The van der Waals surface area contributed by atoms with Crippen LogP contribution in [-0.4, -0.2) is 16.8 Å². The normalized spacial score (nSPS) is 10.3. The van der Waals surface area contributed by atoms with Crippen LogP contribution in [0.2, 0.25) is 0 Å². The lowest BCUT2D eigenvalue weighted by Gasteiger charge is -2.03. The first kappa shape index (κ1) is 12.7. The van der Waals surface area contributed by atoms with Crippen molar-refractivity contribution in [3.63, 3.8) is 0 Å². The van der Waals surface area contributed by atoms with E-state index in [-0.39, 0.29) is 5.91 Å². The van der Waals surface area contributed by atoms with Crippen molar-refractivity contribution in [1.82, 2.24) is 5.16 Å². The van der Waals surface area contributed by atoms with Crippen LogP contribution in [0.3, 0.4) is 0 Å². The molecule has 0 saturated carbocycles. The van der Waals surface area contributed by atoms with Crippen LogP contribution in [0.1, 0.15) is 23.0 Å². The van der Waals surface area contributed by atoms with Crippen molar-refractivity contribution in [2.45, 2.75) is 18.7 Å². The molecule has 1 amide bonds. The highest BCUT2D eigenvalue weighted by molar-refractivity contribution is 7.99. The van der Waals surface area contributed by atoms with Crippen LogP contribution < -0.4 is 5.32 Å². The third kappa shape index (κ3) is 3.13. The number of nitrogens with one attached hydrogen (secondary N) is 1. The molecule has 4 nitrogen and oxygen atoms in total. The van der Waals surface area contributed by atoms with E-state index in [1.807, 2.05) is 18.2 Å². The summed E-state index contributed by atoms with van der Waals surface area (Å²) in [6.45, 7) is 3.86. The zero-order chi connectivity index (χ0) is 13.0. The maximum Gasteiger partial charge on any atom is 0.256 e. The summed E-state index contributed by atoms with van der Waals surface area (Å²) >= 11 is 1.70. The Bertz CT molecular complexity index is 551. The topological polar surface area (TPSA) is 55.1 Å². The van der Waals surface area contributed by atoms with Gasteiger partial charge in [0.15, 0.2) is 5.82 Å². The molecule has 0 unspecified atom stereocenters. The molecule has 0 saturated heterocycles. The van der Waals surface area contributed by atoms with Crippen molar-refractivity contribution in [3.05, 3.63) is 41.7 Å². The predicted molar refractivity (Wildman–Crippen MR) is 72.0 cm³/mol. The molecule has 0 bridgehead atoms. The summed E-state index contributed by atoms with van der Waals surface area (Å²) < 4.78 is 4.89. The molecule has 0 aliphatic heterocycles. The van der Waals surface area contributed by atoms with Gasteiger partial charge in [-0.15, -0.1) is 11.8 Å². The summed E-state index contributed by atoms with van der Waals surface area (Å²) in [6, 6.07) is 9.20. The van der Waals surface area contributed by atoms with Gasteiger partial charge in [-0.05, 0) is 30.9 Å². The van der Waals surface area contributed by atoms with Crippen molar-refractivity contribution in [1.29, 1.82) is 0 Å². The molecule has 0 aliphatic rings. The second kappa shape index (κ2) is 5.73. The summed E-state index contributed by atoms with van der Waals surface area (Å²) in [7, 11) is 0. The third-order valence-corrected chi connectivity index (χ3v) is 3.15. The Hall–Kier alpha value is -1.75. The first-order chi connectivity index (χ1) is 8.69. The van der Waals surface area contributed by atoms with Crippen molar-refractivity contribution in [2.24, 2.45) is 0 Å². The van der Waals surface area contributed by atoms with Gasteiger partial charge in [-0.2, -0.15) is 0 Å². The van der Waals surface area contributed by atoms with Crippen molar-refractivity contribution in [3.8, 4) is 0 Å². The molecule has 5 heteroatoms. The number of nitrogens with zero attached hydrogens (tertiary/aromatic N) is 1. The Labute approximate surface area is 110 Å². The number of anilines is 1. The summed E-state index contributed by atoms with van der Waals surface area (Å²) in [6.07, 6.45) is 0. The third-order valence-electron chi connectivity index (χ3n) is 2.28. The van der Waals surface area contributed by atoms with E-state index in [4.69, 9.17) is 4.52 Å². The van der Waals surface area contributed by atoms with Gasteiger partial charge in [0.2, 0.25) is 0 Å². The van der Waals surface area contributed by atoms with Crippen molar-refractivity contribution in [2.75, 3.05) is 11.1 Å². The van der Waals surface area contributed by atoms with Crippen molar-refractivity contribution < 1.29 is 9.32 Å². The molecule has 0 radical (unpaired) electrons. The molecule has 0 fully saturated rings. The SMILES string of the molecule is CCSc1cccc(C(=O)Nc2cc(C)on2)c1. The largest absolute Gasteiger partial charge is 0.360 e. The van der Waals surface area contributed by atoms with Crippen molar-refractivity contribution >= 4 is 23.5 Å². The lowest BCUT2D eigenvalue weighted by molar-refractivity contribution is 0.102. The van der Waals surface area contributed by atoms with Crippen LogP contribution in [0.5, 0.6) is 0 Å². The standard InChI is InChI=1S/C13H14N2O2S/c1-3-18-11-6-4-5-10(8-11)13(16)14-12-7-9(2)17-15-12/h4-8H,3H2,1-2H3,(H,14,15,16). The quantitative estimate of drug-likeness (QED) is 0.858. The van der Waals surface area contributed by atoms with Crippen LogP contribution >= 0.6 is 11.8 Å². The smallest absolute Gasteiger partial charge is 0.256 e. The lowest BCUT2D eigenvalue weighted by Crippen LogP contribution is -2.11. The van der Waals surface area contributed by atoms with Gasteiger partial charge in [0.05, 0.1) is 0 Å². The number of hydrogen-bond donors (Lipinski definition) is 1. The first-order valence-electron chi connectivity index (χ1n) is 5.66. The van der Waals surface area contributed by atoms with E-state index in [2.05, 4.69) is 17.4 Å². The summed E-state index contributed by atoms with van der Waals surface area (Å²) in [5, 5.41) is 6.42. The average Bonchev–Trinajstić information content (AvgIpc) is 2.75. The molecule has 2 aromatic rings. The number of rotatable bonds is 4. The van der Waals surface area contributed by atoms with E-state index >= 15 is 0 Å². The van der Waals surface area contributed by atoms with E-state index in [0.29, 0.717) is 17.1 Å². The van der Waals surface area contributed by atoms with Gasteiger partial charge in [0.1, 0.15) is 5.76 Å². The Morgan fingerprint density at radius 1 is 1.44 bits per heavy atom. The molecule has 1 N–H and O–H groups in total. The highest BCUT2D eigenvalue weighted by Gasteiger charge is 2.09. The summed E-state index contributed by atoms with van der Waals surface area (Å²) in [4.78, 5) is 13.1. The monoisotopic (exact) mass is 262 g/mol. The number of hydrogen-bond acceptors (Lipinski definition) is 4. The number of benzene rings is 1. The van der Waals surface area contributed by atoms with Gasteiger partial charge in [0.25, 0.3) is 5.91 Å². The fraction of sp³-hybridized carbons (Fsp3) is 0.231. The van der Waals surface area contributed by atoms with Crippen LogP contribution in [0.15, 0.2) is 39.8 Å². The first-order valence-corrected chi connectivity index (χ1v) is 6.65. The molecule has 1 heterocycles. The minimum Gasteiger partial charge on any atom is -0.360 e. The van der Waals surface area contributed by atoms with E-state index in [1.54, 1.807) is 30.8 Å². The fourth-order valence-corrected chi connectivity index (χ4v) is 2.23. The van der Waals surface area contributed by atoms with Crippen LogP contribution in [0, 0.1) is 6.92 Å². The molecule has 0 aliphatic carbocycles. The van der Waals surface area contributed by atoms with Gasteiger partial charge in [0, 0.05) is 16.5 Å². The van der Waals surface area contributed by atoms with E-state index in [9.17, 15) is 4.79 Å². The Balaban J connectivity index is 2.11. The molecule has 94 valence electrons. The Kier molecular flexibility index (Phi) is 4.04. The van der Waals surface area contributed by atoms with E-state index in [0.717, 1.165) is 10.6 Å². The molecule has 2 rings (SSSR count). The molecule has 0 atom stereocenters. The second-order valence-electron chi connectivity index (χ2n) is 3.74. The minimum absolute atomic E-state index is 0.179. The summed E-state index contributed by atoms with van der Waals surface area (Å²) in [5.41, 5.74) is 0.620. The second-order valence-corrected chi connectivity index (χ2v) is 5.08. The Morgan fingerprint density at radius 2 is 2.28 bits per heavy atom. The highest BCUT2D eigenvalue weighted by atomic mass is 32.2. The molecule has 1 aromatic carbocycles. The van der Waals surface area contributed by atoms with E-state index in [1.165, 1.54) is 0 Å². The van der Waals surface area contributed by atoms with Crippen LogP contribution in [-0.2, 0) is 0 Å². The lowest BCUT2D eigenvalue weighted by atomic mass is 10.2. The maximum absolute atomic E-state index is 12.0. The van der Waals surface area contributed by atoms with Crippen LogP contribution in [0.25, 0.3) is 0 Å². The maximum atomic E-state index is 12.0. The van der Waals surface area contributed by atoms with Gasteiger partial charge in [-0.1, -0.05) is 18.1 Å². The average molecular weight is 262 g/mol. The number of amides is 1. The van der Waals surface area contributed by atoms with E-state index < -0.39 is 0 Å². The molecule has 1 aromatic heterocycles. The number of carbonyl (C=O) groups excluding carboxylic acids is 1. The number of thioether (sulfide) groups is 1. The highest BCUT2D eigenvalue weighted by Crippen LogP contribution is 2.19. The zero-order valence-corrected chi connectivity index (χ0v) is 11.1.